The maximum absolute atomic E-state index is 12.5. The number of hydrogen-bond donors (Lipinski definition) is 9. The number of phosphoric acid groups is 3. The lowest BCUT2D eigenvalue weighted by molar-refractivity contribution is -0.765. The number of carbonyl (C=O) groups is 1. The van der Waals surface area contributed by atoms with Crippen LogP contribution in [0.3, 0.4) is 0 Å². The highest BCUT2D eigenvalue weighted by Gasteiger charge is 2.51. The summed E-state index contributed by atoms with van der Waals surface area (Å²) in [5.41, 5.74) is 11.1. The Kier molecular flexibility index (Phi) is 14.0. The second kappa shape index (κ2) is 17.3. The van der Waals surface area contributed by atoms with Gasteiger partial charge in [0.15, 0.2) is 36.2 Å². The molecule has 25 nitrogen and oxygen atoms in total. The van der Waals surface area contributed by atoms with Crippen molar-refractivity contribution in [2.24, 2.45) is 5.73 Å². The number of rotatable bonds is 14. The Bertz CT molecular complexity index is 1880. The molecule has 5 heterocycles. The normalized spacial score (nSPS) is 28.9. The summed E-state index contributed by atoms with van der Waals surface area (Å²) in [5, 5.41) is 39.8. The Morgan fingerprint density at radius 1 is 1.06 bits per heavy atom. The number of amides is 1. The highest BCUT2D eigenvalue weighted by Crippen LogP contribution is 2.58. The van der Waals surface area contributed by atoms with Crippen molar-refractivity contribution in [3.05, 3.63) is 42.7 Å². The Morgan fingerprint density at radius 2 is 1.70 bits per heavy atom. The second-order valence-electron chi connectivity index (χ2n) is 11.5. The van der Waals surface area contributed by atoms with Gasteiger partial charge in [0.1, 0.15) is 47.9 Å². The predicted octanol–water partition coefficient (Wildman–Crippen LogP) is -2.75. The van der Waals surface area contributed by atoms with Gasteiger partial charge in [0.25, 0.3) is 20.0 Å². The van der Waals surface area contributed by atoms with Gasteiger partial charge in [-0.3, -0.25) is 23.0 Å². The molecular weight excluding hydrogens is 779 g/mol. The molecule has 0 bridgehead atoms. The first-order valence-electron chi connectivity index (χ1n) is 15.3. The number of aromatic nitrogens is 5. The van der Waals surface area contributed by atoms with Gasteiger partial charge >= 0.3 is 15.6 Å². The van der Waals surface area contributed by atoms with E-state index >= 15 is 0 Å². The summed E-state index contributed by atoms with van der Waals surface area (Å²) in [6.45, 7) is 1.60. The van der Waals surface area contributed by atoms with E-state index in [0.29, 0.717) is 0 Å². The Labute approximate surface area is 299 Å². The van der Waals surface area contributed by atoms with Gasteiger partial charge < -0.3 is 65.5 Å². The Morgan fingerprint density at radius 3 is 2.32 bits per heavy atom. The van der Waals surface area contributed by atoms with Crippen LogP contribution in [0.25, 0.3) is 11.2 Å². The number of aliphatic hydroxyl groups excluding tert-OH is 4. The van der Waals surface area contributed by atoms with Crippen LogP contribution in [0.5, 0.6) is 0 Å². The highest BCUT2D eigenvalue weighted by atomic mass is 31.3. The zero-order valence-electron chi connectivity index (χ0n) is 27.6. The van der Waals surface area contributed by atoms with Crippen molar-refractivity contribution in [2.75, 3.05) is 18.9 Å². The van der Waals surface area contributed by atoms with Crippen LogP contribution in [0.1, 0.15) is 43.1 Å². The number of nitrogen functional groups attached to an aromatic ring is 1. The minimum absolute atomic E-state index is 0.00541. The Balaban J connectivity index is 0.00000117. The van der Waals surface area contributed by atoms with Crippen LogP contribution < -0.4 is 20.9 Å². The number of aliphatic hydroxyl groups is 4. The molecule has 0 aromatic carbocycles. The molecule has 2 aliphatic heterocycles. The van der Waals surface area contributed by atoms with E-state index in [2.05, 4.69) is 32.8 Å². The molecule has 2 fully saturated rings. The van der Waals surface area contributed by atoms with Crippen LogP contribution in [0, 0.1) is 0 Å². The molecule has 2 aliphatic rings. The fraction of sp³-hybridized carbons (Fsp3) is 0.560. The van der Waals surface area contributed by atoms with Crippen LogP contribution in [0.15, 0.2) is 37.2 Å². The first-order valence-corrected chi connectivity index (χ1v) is 19.8. The molecule has 11 atom stereocenters. The lowest BCUT2D eigenvalue weighted by atomic mass is 10.1. The van der Waals surface area contributed by atoms with Gasteiger partial charge in [-0.05, 0) is 19.4 Å². The molecule has 3 unspecified atom stereocenters. The molecule has 296 valence electrons. The summed E-state index contributed by atoms with van der Waals surface area (Å²) in [6, 6.07) is 2.77. The van der Waals surface area contributed by atoms with Crippen molar-refractivity contribution >= 4 is 46.4 Å². The summed E-state index contributed by atoms with van der Waals surface area (Å²) in [6.07, 6.45) is -7.85. The number of nitrogens with two attached hydrogens (primary N) is 2. The maximum atomic E-state index is 12.5. The van der Waals surface area contributed by atoms with Gasteiger partial charge in [0.05, 0.1) is 25.6 Å². The van der Waals surface area contributed by atoms with E-state index < -0.39 is 91.7 Å². The monoisotopic (exact) mass is 817 g/mol. The lowest BCUT2D eigenvalue weighted by Crippen LogP contribution is -2.46. The number of phosphoric ester groups is 3. The number of nitrogens with zero attached hydrogens (tertiary/aromatic N) is 5. The summed E-state index contributed by atoms with van der Waals surface area (Å²) in [5.74, 6) is -0.862. The van der Waals surface area contributed by atoms with Crippen LogP contribution in [-0.2, 0) is 41.1 Å². The van der Waals surface area contributed by atoms with E-state index in [1.54, 1.807) is 6.92 Å². The quantitative estimate of drug-likeness (QED) is 0.0588. The van der Waals surface area contributed by atoms with Crippen molar-refractivity contribution in [2.45, 2.75) is 75.5 Å². The fourth-order valence-corrected chi connectivity index (χ4v) is 7.42. The minimum Gasteiger partial charge on any atom is -0.756 e. The summed E-state index contributed by atoms with van der Waals surface area (Å²) < 4.78 is 67.9. The van der Waals surface area contributed by atoms with Crippen LogP contribution in [-0.4, -0.2) is 116 Å². The molecule has 11 N–H and O–H groups in total. The highest BCUT2D eigenvalue weighted by molar-refractivity contribution is 7.60. The van der Waals surface area contributed by atoms with Crippen molar-refractivity contribution in [1.82, 2.24) is 19.5 Å². The standard InChI is InChI=1S/C21H28N7O17P3.C4H10O/c22-17-12-19(25-7-24-17)28(8-26-12)21-16(44-46(33,34)35)14(30)11(43-21)6-41-48(38,39)45-47(36,37)40-5-10-13(29)15(31)20(42-10)27-3-1-2-9(4-27)18(23)32;1-3-4(2)5/h1-4,7-8,10-11,13-16,20-21,29-31H,5-6H2,(H7-,22,23,24,25,32,33,34,35,36,37,38,39);4-5H,3H2,1-2H3/t10-,11-,13-,14-,15-,16-,20-,21-;/m1./s1. The number of ether oxygens (including phenoxy) is 2. The molecule has 53 heavy (non-hydrogen) atoms. The first kappa shape index (κ1) is 42.8. The molecule has 0 radical (unpaired) electrons. The number of hydrogen-bond acceptors (Lipinski definition) is 19. The average molecular weight is 818 g/mol. The second-order valence-corrected chi connectivity index (χ2v) is 15.7. The molecule has 1 amide bonds. The predicted molar refractivity (Wildman–Crippen MR) is 170 cm³/mol. The van der Waals surface area contributed by atoms with Gasteiger partial charge in [-0.25, -0.2) is 28.4 Å². The van der Waals surface area contributed by atoms with Gasteiger partial charge in [-0.15, -0.1) is 0 Å². The molecule has 0 aliphatic carbocycles. The zero-order chi connectivity index (χ0) is 39.5. The molecule has 28 heteroatoms. The smallest absolute Gasteiger partial charge is 0.478 e. The van der Waals surface area contributed by atoms with Crippen molar-refractivity contribution < 1.29 is 90.4 Å². The number of pyridine rings is 1. The summed E-state index contributed by atoms with van der Waals surface area (Å²) in [7, 11) is -16.6. The van der Waals surface area contributed by atoms with E-state index in [4.69, 9.17) is 26.0 Å². The first-order chi connectivity index (χ1) is 24.6. The van der Waals surface area contributed by atoms with Gasteiger partial charge in [-0.2, -0.15) is 4.57 Å². The van der Waals surface area contributed by atoms with E-state index in [9.17, 15) is 53.4 Å². The van der Waals surface area contributed by atoms with E-state index in [0.717, 1.165) is 23.6 Å². The van der Waals surface area contributed by atoms with Gasteiger partial charge in [0.2, 0.25) is 0 Å². The van der Waals surface area contributed by atoms with Crippen LogP contribution >= 0.6 is 23.5 Å². The topological polar surface area (TPSA) is 388 Å². The molecule has 3 aromatic heterocycles. The molecule has 0 saturated carbocycles. The fourth-order valence-electron chi connectivity index (χ4n) is 4.82. The third-order valence-electron chi connectivity index (χ3n) is 7.56. The largest absolute Gasteiger partial charge is 0.756 e. The number of imidazole rings is 1. The van der Waals surface area contributed by atoms with Crippen LogP contribution in [0.2, 0.25) is 0 Å². The van der Waals surface area contributed by atoms with Gasteiger partial charge in [-0.1, -0.05) is 6.92 Å². The van der Waals surface area contributed by atoms with E-state index in [-0.39, 0.29) is 28.6 Å². The number of fused-ring (bicyclic) bond motifs is 1. The average Bonchev–Trinajstić information content (AvgIpc) is 3.72. The molecule has 3 aromatic rings. The van der Waals surface area contributed by atoms with Crippen molar-refractivity contribution in [3.8, 4) is 0 Å². The number of carbonyl (C=O) groups excluding carboxylic acids is 1. The molecule has 2 saturated heterocycles. The third-order valence-corrected chi connectivity index (χ3v) is 10.6. The third kappa shape index (κ3) is 11.1. The molecule has 0 spiro atoms. The maximum Gasteiger partial charge on any atom is 0.478 e. The number of anilines is 1. The molecule has 5 rings (SSSR count). The minimum atomic E-state index is -5.72. The summed E-state index contributed by atoms with van der Waals surface area (Å²) >= 11 is 0. The number of primary amides is 1. The van der Waals surface area contributed by atoms with E-state index in [1.165, 1.54) is 29.1 Å². The zero-order valence-corrected chi connectivity index (χ0v) is 30.3. The van der Waals surface area contributed by atoms with Crippen molar-refractivity contribution in [1.29, 1.82) is 0 Å². The summed E-state index contributed by atoms with van der Waals surface area (Å²) in [4.78, 5) is 64.4. The van der Waals surface area contributed by atoms with Crippen LogP contribution in [0.4, 0.5) is 5.82 Å². The van der Waals surface area contributed by atoms with Gasteiger partial charge in [0, 0.05) is 6.07 Å². The molecular formula is C25H38N7O18P3. The Hall–Kier alpha value is -2.90. The lowest BCUT2D eigenvalue weighted by Gasteiger charge is -2.26. The van der Waals surface area contributed by atoms with Crippen molar-refractivity contribution in [3.63, 3.8) is 0 Å². The SMILES string of the molecule is CCC(C)O.NC(=O)c1ccc[n+]([C@@H]2O[C@H](COP(=O)([O-])OP(=O)(O)OC[C@H]3O[C@@H](n4cnc5c(N)ncnc54)[C@H](OP(=O)(O)O)[C@@H]3O)[C@@H](O)[C@H]2O)c1. The van der Waals surface area contributed by atoms with E-state index in [1.807, 2.05) is 6.92 Å².